The zero-order valence-corrected chi connectivity index (χ0v) is 28.5. The van der Waals surface area contributed by atoms with Crippen molar-refractivity contribution in [3.8, 4) is 0 Å². The minimum atomic E-state index is -1.04. The third kappa shape index (κ3) is 14.0. The zero-order chi connectivity index (χ0) is 31.2. The molecule has 2 rings (SSSR count). The Kier molecular flexibility index (Phi) is 20.3. The van der Waals surface area contributed by atoms with E-state index in [2.05, 4.69) is 13.8 Å². The van der Waals surface area contributed by atoms with Crippen molar-refractivity contribution in [2.75, 3.05) is 0 Å². The highest BCUT2D eigenvalue weighted by Gasteiger charge is 2.62. The third-order valence-corrected chi connectivity index (χ3v) is 10.3. The lowest BCUT2D eigenvalue weighted by molar-refractivity contribution is -0.238. The molecule has 0 spiro atoms. The van der Waals surface area contributed by atoms with Crippen molar-refractivity contribution < 1.29 is 24.5 Å². The van der Waals surface area contributed by atoms with Gasteiger partial charge in [0.1, 0.15) is 23.4 Å². The lowest BCUT2D eigenvalue weighted by Gasteiger charge is -2.53. The fourth-order valence-electron chi connectivity index (χ4n) is 7.32. The predicted octanol–water partition coefficient (Wildman–Crippen LogP) is 10.1. The number of ether oxygens (including phenoxy) is 1. The number of Topliss-reactive ketones (excluding diaryl/α,β-unsaturated/α-hetero) is 2. The monoisotopic (exact) mass is 607 g/mol. The smallest absolute Gasteiger partial charge is 0.193 e. The Balaban J connectivity index is 1.62. The van der Waals surface area contributed by atoms with E-state index in [1.807, 2.05) is 0 Å². The zero-order valence-electron chi connectivity index (χ0n) is 28.5. The molecule has 2 saturated carbocycles. The molecule has 4 atom stereocenters. The maximum Gasteiger partial charge on any atom is 0.193 e. The second-order valence-electron chi connectivity index (χ2n) is 14.2. The summed E-state index contributed by atoms with van der Waals surface area (Å²) in [7, 11) is 0. The van der Waals surface area contributed by atoms with Gasteiger partial charge in [-0.2, -0.15) is 0 Å². The van der Waals surface area contributed by atoms with E-state index in [0.29, 0.717) is 12.8 Å². The van der Waals surface area contributed by atoms with E-state index in [1.54, 1.807) is 0 Å². The van der Waals surface area contributed by atoms with E-state index in [1.165, 1.54) is 128 Å². The first kappa shape index (κ1) is 38.4. The largest absolute Gasteiger partial charge is 0.385 e. The van der Waals surface area contributed by atoms with Crippen molar-refractivity contribution in [2.24, 2.45) is 0 Å². The second kappa shape index (κ2) is 22.7. The van der Waals surface area contributed by atoms with Crippen LogP contribution in [0.1, 0.15) is 206 Å². The molecule has 2 aliphatic rings. The van der Waals surface area contributed by atoms with E-state index in [0.717, 1.165) is 38.5 Å². The molecular formula is C38H70O5. The van der Waals surface area contributed by atoms with Crippen LogP contribution in [0.25, 0.3) is 0 Å². The van der Waals surface area contributed by atoms with Gasteiger partial charge in [0.05, 0.1) is 0 Å². The lowest BCUT2D eigenvalue weighted by atomic mass is 9.68. The van der Waals surface area contributed by atoms with Crippen LogP contribution < -0.4 is 0 Å². The van der Waals surface area contributed by atoms with Crippen LogP contribution in [0.2, 0.25) is 0 Å². The van der Waals surface area contributed by atoms with Crippen LogP contribution in [-0.2, 0) is 14.3 Å². The van der Waals surface area contributed by atoms with Crippen LogP contribution in [0.15, 0.2) is 0 Å². The van der Waals surface area contributed by atoms with Gasteiger partial charge in [-0.05, 0) is 12.8 Å². The van der Waals surface area contributed by atoms with Crippen molar-refractivity contribution in [2.45, 2.75) is 230 Å². The summed E-state index contributed by atoms with van der Waals surface area (Å²) in [6, 6.07) is 0. The molecule has 0 heterocycles. The Bertz CT molecular complexity index is 678. The van der Waals surface area contributed by atoms with Crippen LogP contribution in [0, 0.1) is 0 Å². The summed E-state index contributed by atoms with van der Waals surface area (Å²) in [6.45, 7) is 4.53. The summed E-state index contributed by atoms with van der Waals surface area (Å²) in [4.78, 5) is 25.8. The van der Waals surface area contributed by atoms with Crippen LogP contribution in [0.4, 0.5) is 0 Å². The molecule has 2 N–H and O–H groups in total. The normalized spacial score (nSPS) is 25.2. The van der Waals surface area contributed by atoms with Gasteiger partial charge in [-0.3, -0.25) is 9.59 Å². The molecule has 5 heteroatoms. The van der Waals surface area contributed by atoms with Crippen LogP contribution in [0.5, 0.6) is 0 Å². The molecule has 5 nitrogen and oxygen atoms in total. The molecule has 0 aliphatic heterocycles. The Labute approximate surface area is 265 Å². The van der Waals surface area contributed by atoms with E-state index < -0.39 is 23.4 Å². The lowest BCUT2D eigenvalue weighted by Crippen LogP contribution is -2.69. The van der Waals surface area contributed by atoms with Gasteiger partial charge in [-0.25, -0.2) is 0 Å². The second-order valence-corrected chi connectivity index (χ2v) is 14.2. The Morgan fingerprint density at radius 3 is 0.907 bits per heavy atom. The van der Waals surface area contributed by atoms with Crippen molar-refractivity contribution >= 4 is 11.6 Å². The Hall–Kier alpha value is -0.780. The van der Waals surface area contributed by atoms with Gasteiger partial charge in [-0.1, -0.05) is 181 Å². The molecule has 0 bridgehead atoms. The molecule has 0 aromatic heterocycles. The van der Waals surface area contributed by atoms with Gasteiger partial charge >= 0.3 is 0 Å². The first-order valence-electron chi connectivity index (χ1n) is 19.1. The number of aliphatic hydroxyl groups excluding tert-OH is 2. The highest BCUT2D eigenvalue weighted by Crippen LogP contribution is 2.47. The van der Waals surface area contributed by atoms with Crippen molar-refractivity contribution in [1.29, 1.82) is 0 Å². The van der Waals surface area contributed by atoms with E-state index in [4.69, 9.17) is 4.74 Å². The van der Waals surface area contributed by atoms with E-state index in [-0.39, 0.29) is 24.4 Å². The minimum absolute atomic E-state index is 0.259. The molecule has 0 aromatic carbocycles. The van der Waals surface area contributed by atoms with Crippen molar-refractivity contribution in [1.82, 2.24) is 0 Å². The van der Waals surface area contributed by atoms with Crippen LogP contribution in [-0.4, -0.2) is 45.2 Å². The number of carbonyl (C=O) groups is 2. The van der Waals surface area contributed by atoms with Gasteiger partial charge < -0.3 is 14.9 Å². The number of carbonyl (C=O) groups excluding carboxylic acids is 2. The third-order valence-electron chi connectivity index (χ3n) is 10.3. The minimum Gasteiger partial charge on any atom is -0.385 e. The summed E-state index contributed by atoms with van der Waals surface area (Å²) in [5, 5.41) is 20.2. The Morgan fingerprint density at radius 2 is 0.698 bits per heavy atom. The first-order valence-corrected chi connectivity index (χ1v) is 19.1. The first-order chi connectivity index (χ1) is 20.9. The van der Waals surface area contributed by atoms with Crippen LogP contribution in [0.3, 0.4) is 0 Å². The van der Waals surface area contributed by atoms with Gasteiger partial charge in [-0.15, -0.1) is 0 Å². The average Bonchev–Trinajstić information content (AvgIpc) is 3.01. The quantitative estimate of drug-likeness (QED) is 0.0795. The molecule has 0 aromatic rings. The highest BCUT2D eigenvalue weighted by atomic mass is 16.5. The summed E-state index contributed by atoms with van der Waals surface area (Å²) in [5.74, 6) is -0.518. The standard InChI is InChI=1S/C38H70O5/c1-3-5-7-9-11-13-15-17-19-21-23-25-27-29-37(31-33(39)35(37)41)43-38(32-34(40)36(38)42)30-28-26-24-22-20-18-16-14-12-10-8-6-4-2/h33-34,39-40H,3-32H2,1-2H3. The molecule has 0 radical (unpaired) electrons. The maximum atomic E-state index is 12.9. The average molecular weight is 607 g/mol. The highest BCUT2D eigenvalue weighted by molar-refractivity contribution is 6.00. The Morgan fingerprint density at radius 1 is 0.465 bits per heavy atom. The molecule has 0 amide bonds. The molecule has 4 unspecified atom stereocenters. The predicted molar refractivity (Wildman–Crippen MR) is 178 cm³/mol. The maximum absolute atomic E-state index is 12.9. The number of ketones is 2. The fraction of sp³-hybridized carbons (Fsp3) is 0.947. The van der Waals surface area contributed by atoms with E-state index >= 15 is 0 Å². The summed E-state index contributed by atoms with van der Waals surface area (Å²) < 4.78 is 6.46. The van der Waals surface area contributed by atoms with Gasteiger partial charge in [0.15, 0.2) is 11.6 Å². The SMILES string of the molecule is CCCCCCCCCCCCCCCC1(OC2(CCCCCCCCCCCCCCC)CC(O)C2=O)CC(O)C1=O. The summed E-state index contributed by atoms with van der Waals surface area (Å²) in [6.07, 6.45) is 32.7. The topological polar surface area (TPSA) is 83.8 Å². The molecular weight excluding hydrogens is 536 g/mol. The van der Waals surface area contributed by atoms with Crippen molar-refractivity contribution in [3.05, 3.63) is 0 Å². The number of hydrogen-bond acceptors (Lipinski definition) is 5. The van der Waals surface area contributed by atoms with E-state index in [9.17, 15) is 19.8 Å². The number of unbranched alkanes of at least 4 members (excludes halogenated alkanes) is 24. The number of rotatable bonds is 30. The van der Waals surface area contributed by atoms with Crippen molar-refractivity contribution in [3.63, 3.8) is 0 Å². The summed E-state index contributed by atoms with van der Waals surface area (Å²) >= 11 is 0. The van der Waals surface area contributed by atoms with Gasteiger partial charge in [0, 0.05) is 12.8 Å². The molecule has 43 heavy (non-hydrogen) atoms. The fourth-order valence-corrected chi connectivity index (χ4v) is 7.32. The molecule has 2 fully saturated rings. The number of hydrogen-bond donors (Lipinski definition) is 2. The van der Waals surface area contributed by atoms with Gasteiger partial charge in [0.25, 0.3) is 0 Å². The number of aliphatic hydroxyl groups is 2. The molecule has 2 aliphatic carbocycles. The molecule has 0 saturated heterocycles. The summed E-state index contributed by atoms with van der Waals surface area (Å²) in [5.41, 5.74) is -2.08. The molecule has 252 valence electrons. The van der Waals surface area contributed by atoms with Crippen LogP contribution >= 0.6 is 0 Å². The van der Waals surface area contributed by atoms with Gasteiger partial charge in [0.2, 0.25) is 0 Å².